The van der Waals surface area contributed by atoms with Gasteiger partial charge in [0, 0.05) is 33.9 Å². The topological polar surface area (TPSA) is 77.6 Å². The lowest BCUT2D eigenvalue weighted by molar-refractivity contribution is -0.120. The number of alkyl halides is 1. The first-order valence-corrected chi connectivity index (χ1v) is 11.8. The minimum Gasteiger partial charge on any atom is -0.351 e. The first-order valence-electron chi connectivity index (χ1n) is 10.6. The summed E-state index contributed by atoms with van der Waals surface area (Å²) >= 11 is 3.45. The van der Waals surface area contributed by atoms with Crippen LogP contribution in [0, 0.1) is 0 Å². The molecule has 1 atom stereocenters. The molecular formula is C26H21BrN4O2. The molecule has 0 bridgehead atoms. The summed E-state index contributed by atoms with van der Waals surface area (Å²) in [5.41, 5.74) is 4.40. The Kier molecular flexibility index (Phi) is 5.79. The van der Waals surface area contributed by atoms with E-state index in [1.807, 2.05) is 78.9 Å². The second-order valence-corrected chi connectivity index (χ2v) is 8.48. The highest BCUT2D eigenvalue weighted by Gasteiger charge is 2.33. The van der Waals surface area contributed by atoms with Gasteiger partial charge in [0.1, 0.15) is 5.69 Å². The number of anilines is 1. The number of rotatable bonds is 5. The van der Waals surface area contributed by atoms with Crippen molar-refractivity contribution in [1.29, 1.82) is 0 Å². The van der Waals surface area contributed by atoms with Crippen molar-refractivity contribution in [3.8, 4) is 0 Å². The molecule has 7 heteroatoms. The molecule has 1 unspecified atom stereocenters. The molecule has 2 N–H and O–H groups in total. The Morgan fingerprint density at radius 3 is 2.52 bits per heavy atom. The third-order valence-electron chi connectivity index (χ3n) is 5.61. The summed E-state index contributed by atoms with van der Waals surface area (Å²) in [5.74, 6) is -0.664. The SMILES string of the molecule is O=C(NC1N=C(c2ccccc2)c2ccccc2N(CCBr)C1=O)c1cc2ccccc2[nH]1. The van der Waals surface area contributed by atoms with Gasteiger partial charge in [-0.2, -0.15) is 0 Å². The number of halogens is 1. The number of nitrogens with one attached hydrogen (secondary N) is 2. The molecular weight excluding hydrogens is 480 g/mol. The van der Waals surface area contributed by atoms with Crippen molar-refractivity contribution in [2.45, 2.75) is 6.17 Å². The summed E-state index contributed by atoms with van der Waals surface area (Å²) in [4.78, 5) is 36.3. The van der Waals surface area contributed by atoms with Crippen molar-refractivity contribution in [2.24, 2.45) is 4.99 Å². The van der Waals surface area contributed by atoms with Crippen LogP contribution in [0.3, 0.4) is 0 Å². The Hall–Kier alpha value is -3.71. The van der Waals surface area contributed by atoms with E-state index in [-0.39, 0.29) is 11.8 Å². The number of aromatic amines is 1. The maximum absolute atomic E-state index is 13.6. The molecule has 0 radical (unpaired) electrons. The van der Waals surface area contributed by atoms with Crippen LogP contribution in [0.5, 0.6) is 0 Å². The normalized spacial score (nSPS) is 15.7. The van der Waals surface area contributed by atoms with E-state index >= 15 is 0 Å². The van der Waals surface area contributed by atoms with Gasteiger partial charge in [0.05, 0.1) is 11.4 Å². The number of H-pyrrole nitrogens is 1. The molecule has 33 heavy (non-hydrogen) atoms. The number of hydrogen-bond acceptors (Lipinski definition) is 3. The molecule has 1 aliphatic heterocycles. The Balaban J connectivity index is 1.58. The van der Waals surface area contributed by atoms with Crippen LogP contribution in [0.15, 0.2) is 89.9 Å². The Morgan fingerprint density at radius 1 is 1.00 bits per heavy atom. The van der Waals surface area contributed by atoms with E-state index in [4.69, 9.17) is 4.99 Å². The van der Waals surface area contributed by atoms with Gasteiger partial charge >= 0.3 is 0 Å². The fourth-order valence-corrected chi connectivity index (χ4v) is 4.42. The molecule has 0 saturated carbocycles. The highest BCUT2D eigenvalue weighted by molar-refractivity contribution is 9.09. The predicted molar refractivity (Wildman–Crippen MR) is 134 cm³/mol. The summed E-state index contributed by atoms with van der Waals surface area (Å²) in [6, 6.07) is 26.8. The lowest BCUT2D eigenvalue weighted by atomic mass is 10.0. The number of carbonyl (C=O) groups is 2. The van der Waals surface area contributed by atoms with Gasteiger partial charge in [-0.05, 0) is 18.2 Å². The molecule has 2 amide bonds. The molecule has 0 spiro atoms. The molecule has 0 fully saturated rings. The van der Waals surface area contributed by atoms with Crippen LogP contribution in [0.1, 0.15) is 21.6 Å². The summed E-state index contributed by atoms with van der Waals surface area (Å²) in [6.45, 7) is 0.451. The Bertz CT molecular complexity index is 1330. The van der Waals surface area contributed by atoms with Crippen LogP contribution in [-0.2, 0) is 4.79 Å². The smallest absolute Gasteiger partial charge is 0.272 e. The molecule has 0 saturated heterocycles. The number of benzodiazepines with no additional fused rings is 1. The number of amides is 2. The average molecular weight is 501 g/mol. The first-order chi connectivity index (χ1) is 16.2. The van der Waals surface area contributed by atoms with Gasteiger partial charge in [0.15, 0.2) is 0 Å². The number of fused-ring (bicyclic) bond motifs is 2. The second-order valence-electron chi connectivity index (χ2n) is 7.69. The highest BCUT2D eigenvalue weighted by atomic mass is 79.9. The van der Waals surface area contributed by atoms with Gasteiger partial charge in [-0.3, -0.25) is 9.59 Å². The van der Waals surface area contributed by atoms with Crippen LogP contribution >= 0.6 is 15.9 Å². The largest absolute Gasteiger partial charge is 0.351 e. The van der Waals surface area contributed by atoms with Gasteiger partial charge < -0.3 is 15.2 Å². The van der Waals surface area contributed by atoms with E-state index in [1.165, 1.54) is 0 Å². The lowest BCUT2D eigenvalue weighted by Crippen LogP contribution is -2.48. The molecule has 5 rings (SSSR count). The molecule has 6 nitrogen and oxygen atoms in total. The van der Waals surface area contributed by atoms with Gasteiger partial charge in [-0.15, -0.1) is 0 Å². The number of aromatic nitrogens is 1. The van der Waals surface area contributed by atoms with Gasteiger partial charge in [-0.25, -0.2) is 4.99 Å². The van der Waals surface area contributed by atoms with Crippen LogP contribution < -0.4 is 10.2 Å². The van der Waals surface area contributed by atoms with E-state index < -0.39 is 6.17 Å². The average Bonchev–Trinajstić information content (AvgIpc) is 3.26. The number of para-hydroxylation sites is 2. The van der Waals surface area contributed by atoms with E-state index in [1.54, 1.807) is 11.0 Å². The van der Waals surface area contributed by atoms with Crippen molar-refractivity contribution >= 4 is 50.0 Å². The number of carbonyl (C=O) groups excluding carboxylic acids is 2. The highest BCUT2D eigenvalue weighted by Crippen LogP contribution is 2.28. The maximum atomic E-state index is 13.6. The fourth-order valence-electron chi connectivity index (χ4n) is 4.06. The number of nitrogens with zero attached hydrogens (tertiary/aromatic N) is 2. The fraction of sp³-hybridized carbons (Fsp3) is 0.115. The summed E-state index contributed by atoms with van der Waals surface area (Å²) in [5, 5.41) is 4.37. The molecule has 2 heterocycles. The van der Waals surface area contributed by atoms with Crippen molar-refractivity contribution in [1.82, 2.24) is 10.3 Å². The van der Waals surface area contributed by atoms with Crippen LogP contribution in [0.25, 0.3) is 10.9 Å². The van der Waals surface area contributed by atoms with Gasteiger partial charge in [-0.1, -0.05) is 82.7 Å². The van der Waals surface area contributed by atoms with E-state index in [9.17, 15) is 9.59 Å². The molecule has 1 aliphatic rings. The van der Waals surface area contributed by atoms with Crippen molar-refractivity contribution in [3.05, 3.63) is 102 Å². The van der Waals surface area contributed by atoms with E-state index in [0.717, 1.165) is 27.7 Å². The zero-order valence-corrected chi connectivity index (χ0v) is 19.2. The third-order valence-corrected chi connectivity index (χ3v) is 5.96. The Labute approximate surface area is 199 Å². The molecule has 3 aromatic carbocycles. The van der Waals surface area contributed by atoms with E-state index in [2.05, 4.69) is 26.2 Å². The zero-order chi connectivity index (χ0) is 22.8. The standard InChI is InChI=1S/C26H21BrN4O2/c27-14-15-31-22-13-7-5-11-19(22)23(17-8-2-1-3-9-17)29-24(26(31)33)30-25(32)21-16-18-10-4-6-12-20(18)28-21/h1-13,16,24,28H,14-15H2,(H,30,32). The third kappa shape index (κ3) is 4.07. The van der Waals surface area contributed by atoms with Crippen LogP contribution in [0.2, 0.25) is 0 Å². The monoisotopic (exact) mass is 500 g/mol. The summed E-state index contributed by atoms with van der Waals surface area (Å²) in [7, 11) is 0. The van der Waals surface area contributed by atoms with Crippen molar-refractivity contribution < 1.29 is 9.59 Å². The van der Waals surface area contributed by atoms with Crippen LogP contribution in [-0.4, -0.2) is 40.6 Å². The molecule has 4 aromatic rings. The quantitative estimate of drug-likeness (QED) is 0.395. The number of benzene rings is 3. The Morgan fingerprint density at radius 2 is 1.73 bits per heavy atom. The van der Waals surface area contributed by atoms with Crippen LogP contribution in [0.4, 0.5) is 5.69 Å². The minimum atomic E-state index is -1.06. The predicted octanol–water partition coefficient (Wildman–Crippen LogP) is 4.50. The number of hydrogen-bond donors (Lipinski definition) is 2. The molecule has 0 aliphatic carbocycles. The van der Waals surface area contributed by atoms with Gasteiger partial charge in [0.25, 0.3) is 11.8 Å². The zero-order valence-electron chi connectivity index (χ0n) is 17.7. The van der Waals surface area contributed by atoms with Crippen molar-refractivity contribution in [3.63, 3.8) is 0 Å². The second kappa shape index (κ2) is 9.03. The maximum Gasteiger partial charge on any atom is 0.272 e. The summed E-state index contributed by atoms with van der Waals surface area (Å²) in [6.07, 6.45) is -1.06. The van der Waals surface area contributed by atoms with E-state index in [0.29, 0.717) is 23.3 Å². The van der Waals surface area contributed by atoms with Crippen molar-refractivity contribution in [2.75, 3.05) is 16.8 Å². The number of aliphatic imine (C=N–C) groups is 1. The summed E-state index contributed by atoms with van der Waals surface area (Å²) < 4.78 is 0. The van der Waals surface area contributed by atoms with Gasteiger partial charge in [0.2, 0.25) is 6.17 Å². The first kappa shape index (κ1) is 21.2. The lowest BCUT2D eigenvalue weighted by Gasteiger charge is -2.24. The molecule has 1 aromatic heterocycles. The minimum absolute atomic E-state index is 0.280. The molecule has 164 valence electrons.